The summed E-state index contributed by atoms with van der Waals surface area (Å²) in [6, 6.07) is 18.9. The molecular formula is C40H40ClN9O4. The summed E-state index contributed by atoms with van der Waals surface area (Å²) >= 11 is 6.35. The number of carbonyl (C=O) groups is 2. The van der Waals surface area contributed by atoms with E-state index in [-0.39, 0.29) is 48.4 Å². The minimum atomic E-state index is -0.840. The molecule has 3 saturated heterocycles. The number of hydrogen-bond donors (Lipinski definition) is 3. The van der Waals surface area contributed by atoms with Crippen LogP contribution in [0.2, 0.25) is 5.02 Å². The number of halogens is 1. The molecule has 13 nitrogen and oxygen atoms in total. The average molecular weight is 746 g/mol. The number of fused-ring (bicyclic) bond motifs is 1. The number of phenols is 1. The number of terminal acetylenes is 1. The summed E-state index contributed by atoms with van der Waals surface area (Å²) in [5.41, 5.74) is 4.62. The Morgan fingerprint density at radius 2 is 1.80 bits per heavy atom. The third-order valence-corrected chi connectivity index (χ3v) is 11.1. The summed E-state index contributed by atoms with van der Waals surface area (Å²) in [6.45, 7) is 7.48. The first-order chi connectivity index (χ1) is 26.0. The topological polar surface area (TPSA) is 153 Å². The largest absolute Gasteiger partial charge is 0.507 e. The average Bonchev–Trinajstić information content (AvgIpc) is 3.76. The number of aliphatic hydroxyl groups excluding tert-OH is 1. The van der Waals surface area contributed by atoms with Crippen molar-refractivity contribution >= 4 is 45.8 Å². The third-order valence-electron chi connectivity index (χ3n) is 10.8. The number of nitrogens with one attached hydrogen (secondary N) is 1. The summed E-state index contributed by atoms with van der Waals surface area (Å²) in [7, 11) is 0. The van der Waals surface area contributed by atoms with Gasteiger partial charge in [0.15, 0.2) is 5.82 Å². The van der Waals surface area contributed by atoms with Crippen LogP contribution in [0.4, 0.5) is 11.5 Å². The zero-order valence-electron chi connectivity index (χ0n) is 29.9. The standard InChI is InChI=1S/C40H40ClN9O4/c1-4-25-9-10-27(31(41)13-25)17-42-38(53)34-16-29(51)18-49(34)39(54)37(24(2)3)50-19-36(45-46-50)48-22-40(23-48)20-47(21-40)28-12-11-26-14-33(44-43-32(26)15-28)30-7-5-6-8-35(30)52/h1,5-15,19,24,29,34,37,51-52H,16-18,20-23H2,2-3H3,(H,42,53)/t29-,34+,37+/m1/s1. The Balaban J connectivity index is 0.885. The van der Waals surface area contributed by atoms with E-state index < -0.39 is 18.2 Å². The maximum absolute atomic E-state index is 14.1. The molecule has 3 aromatic carbocycles. The lowest BCUT2D eigenvalue weighted by atomic mass is 9.72. The molecule has 0 bridgehead atoms. The molecule has 0 saturated carbocycles. The lowest BCUT2D eigenvalue weighted by Crippen LogP contribution is -2.72. The Morgan fingerprint density at radius 1 is 1.02 bits per heavy atom. The summed E-state index contributed by atoms with van der Waals surface area (Å²) in [5, 5.41) is 42.7. The van der Waals surface area contributed by atoms with Crippen molar-refractivity contribution in [3.63, 3.8) is 0 Å². The van der Waals surface area contributed by atoms with Crippen molar-refractivity contribution in [3.8, 4) is 29.4 Å². The first-order valence-electron chi connectivity index (χ1n) is 18.0. The van der Waals surface area contributed by atoms with Crippen molar-refractivity contribution in [1.82, 2.24) is 35.4 Å². The summed E-state index contributed by atoms with van der Waals surface area (Å²) in [4.78, 5) is 33.4. The smallest absolute Gasteiger partial charge is 0.248 e. The highest BCUT2D eigenvalue weighted by molar-refractivity contribution is 6.31. The van der Waals surface area contributed by atoms with Crippen LogP contribution in [0, 0.1) is 23.7 Å². The van der Waals surface area contributed by atoms with Gasteiger partial charge < -0.3 is 30.2 Å². The van der Waals surface area contributed by atoms with Crippen molar-refractivity contribution in [2.75, 3.05) is 42.5 Å². The van der Waals surface area contributed by atoms with Gasteiger partial charge in [-0.3, -0.25) is 9.59 Å². The van der Waals surface area contributed by atoms with E-state index in [2.05, 4.69) is 53.7 Å². The Hall–Kier alpha value is -5.71. The van der Waals surface area contributed by atoms with Gasteiger partial charge in [0.1, 0.15) is 17.8 Å². The first-order valence-corrected chi connectivity index (χ1v) is 18.4. The van der Waals surface area contributed by atoms with Crippen LogP contribution >= 0.6 is 11.6 Å². The molecular weight excluding hydrogens is 706 g/mol. The third kappa shape index (κ3) is 6.56. The molecule has 1 spiro atoms. The highest BCUT2D eigenvalue weighted by atomic mass is 35.5. The lowest BCUT2D eigenvalue weighted by Gasteiger charge is -2.61. The van der Waals surface area contributed by atoms with Gasteiger partial charge in [-0.15, -0.1) is 21.7 Å². The number of aromatic nitrogens is 5. The molecule has 14 heteroatoms. The number of likely N-dealkylation sites (tertiary alicyclic amines) is 1. The fraction of sp³-hybridized carbons (Fsp3) is 0.350. The van der Waals surface area contributed by atoms with Crippen molar-refractivity contribution in [2.45, 2.75) is 45.0 Å². The maximum atomic E-state index is 14.1. The monoisotopic (exact) mass is 745 g/mol. The van der Waals surface area contributed by atoms with Gasteiger partial charge in [-0.2, -0.15) is 0 Å². The molecule has 2 amide bonds. The molecule has 2 aromatic heterocycles. The lowest BCUT2D eigenvalue weighted by molar-refractivity contribution is -0.142. The molecule has 8 rings (SSSR count). The van der Waals surface area contributed by atoms with E-state index in [0.717, 1.165) is 42.8 Å². The van der Waals surface area contributed by atoms with Crippen molar-refractivity contribution in [1.29, 1.82) is 0 Å². The Bertz CT molecular complexity index is 2290. The maximum Gasteiger partial charge on any atom is 0.248 e. The predicted octanol–water partition coefficient (Wildman–Crippen LogP) is 4.03. The van der Waals surface area contributed by atoms with E-state index in [9.17, 15) is 19.8 Å². The number of β-amino-alcohol motifs (C(OH)–C–C–N with tert-alkyl or cyclic N) is 1. The highest BCUT2D eigenvalue weighted by Crippen LogP contribution is 2.44. The molecule has 5 heterocycles. The molecule has 3 aliphatic heterocycles. The van der Waals surface area contributed by atoms with E-state index in [4.69, 9.17) is 18.0 Å². The molecule has 0 unspecified atom stereocenters. The van der Waals surface area contributed by atoms with E-state index in [1.165, 1.54) is 4.90 Å². The molecule has 0 radical (unpaired) electrons. The second-order valence-electron chi connectivity index (χ2n) is 15.0. The number of aromatic hydroxyl groups is 1. The molecule has 3 N–H and O–H groups in total. The quantitative estimate of drug-likeness (QED) is 0.189. The van der Waals surface area contributed by atoms with E-state index in [1.807, 2.05) is 38.1 Å². The van der Waals surface area contributed by atoms with Gasteiger partial charge in [0.05, 0.1) is 23.5 Å². The summed E-state index contributed by atoms with van der Waals surface area (Å²) in [6.07, 6.45) is 6.57. The number of phenolic OH excluding ortho intramolecular Hbond substituents is 1. The Kier molecular flexibility index (Phi) is 9.11. The number of hydrogen-bond acceptors (Lipinski definition) is 10. The number of para-hydroxylation sites is 1. The fourth-order valence-corrected chi connectivity index (χ4v) is 8.17. The van der Waals surface area contributed by atoms with Gasteiger partial charge in [0, 0.05) is 78.3 Å². The molecule has 3 atom stereocenters. The molecule has 3 aliphatic rings. The number of carbonyl (C=O) groups excluding carboxylic acids is 2. The van der Waals surface area contributed by atoms with Crippen LogP contribution in [-0.4, -0.2) is 97.0 Å². The Labute approximate surface area is 317 Å². The van der Waals surface area contributed by atoms with Gasteiger partial charge in [-0.25, -0.2) is 4.68 Å². The predicted molar refractivity (Wildman–Crippen MR) is 205 cm³/mol. The van der Waals surface area contributed by atoms with Crippen LogP contribution in [-0.2, 0) is 16.1 Å². The second-order valence-corrected chi connectivity index (χ2v) is 15.4. The van der Waals surface area contributed by atoms with Crippen LogP contribution in [0.3, 0.4) is 0 Å². The molecule has 5 aromatic rings. The minimum Gasteiger partial charge on any atom is -0.507 e. The zero-order valence-corrected chi connectivity index (χ0v) is 30.7. The van der Waals surface area contributed by atoms with Gasteiger partial charge >= 0.3 is 0 Å². The normalized spacial score (nSPS) is 19.4. The minimum absolute atomic E-state index is 0.0491. The van der Waals surface area contributed by atoms with E-state index >= 15 is 0 Å². The van der Waals surface area contributed by atoms with E-state index in [0.29, 0.717) is 33.2 Å². The summed E-state index contributed by atoms with van der Waals surface area (Å²) < 4.78 is 1.59. The summed E-state index contributed by atoms with van der Waals surface area (Å²) in [5.74, 6) is 2.58. The number of rotatable bonds is 9. The number of aliphatic hydroxyl groups is 1. The van der Waals surface area contributed by atoms with Crippen molar-refractivity contribution in [2.24, 2.45) is 11.3 Å². The molecule has 54 heavy (non-hydrogen) atoms. The Morgan fingerprint density at radius 3 is 2.54 bits per heavy atom. The first kappa shape index (κ1) is 35.3. The van der Waals surface area contributed by atoms with Crippen molar-refractivity contribution < 1.29 is 19.8 Å². The van der Waals surface area contributed by atoms with E-state index in [1.54, 1.807) is 41.2 Å². The van der Waals surface area contributed by atoms with Crippen LogP contribution in [0.1, 0.15) is 37.4 Å². The van der Waals surface area contributed by atoms with Crippen LogP contribution < -0.4 is 15.1 Å². The second kappa shape index (κ2) is 13.9. The van der Waals surface area contributed by atoms with Crippen LogP contribution in [0.5, 0.6) is 5.75 Å². The molecule has 0 aliphatic carbocycles. The number of amides is 2. The van der Waals surface area contributed by atoms with Crippen LogP contribution in [0.25, 0.3) is 22.2 Å². The van der Waals surface area contributed by atoms with Gasteiger partial charge in [-0.05, 0) is 53.9 Å². The van der Waals surface area contributed by atoms with Crippen molar-refractivity contribution in [3.05, 3.63) is 89.1 Å². The van der Waals surface area contributed by atoms with Gasteiger partial charge in [0.2, 0.25) is 11.8 Å². The van der Waals surface area contributed by atoms with Gasteiger partial charge in [-0.1, -0.05) is 60.8 Å². The number of anilines is 2. The fourth-order valence-electron chi connectivity index (χ4n) is 7.92. The zero-order chi connectivity index (χ0) is 37.7. The number of benzene rings is 3. The number of nitrogens with zero attached hydrogens (tertiary/aromatic N) is 8. The molecule has 276 valence electrons. The van der Waals surface area contributed by atoms with Crippen LogP contribution in [0.15, 0.2) is 72.9 Å². The van der Waals surface area contributed by atoms with Gasteiger partial charge in [0.25, 0.3) is 0 Å². The SMILES string of the molecule is C#Cc1ccc(CNC(=O)[C@@H]2C[C@@H](O)CN2C(=O)[C@H](C(C)C)n2cc(N3CC4(CN(c5ccc6cc(-c7ccccc7O)nnc6c5)C4)C3)nn2)c(Cl)c1. The molecule has 3 fully saturated rings. The highest BCUT2D eigenvalue weighted by Gasteiger charge is 2.52.